The van der Waals surface area contributed by atoms with Crippen molar-refractivity contribution in [2.45, 2.75) is 25.3 Å². The summed E-state index contributed by atoms with van der Waals surface area (Å²) in [7, 11) is 1.68. The average Bonchev–Trinajstić information content (AvgIpc) is 3.34. The second kappa shape index (κ2) is 7.53. The van der Waals surface area contributed by atoms with Crippen LogP contribution in [0.15, 0.2) is 42.9 Å². The molecule has 4 rings (SSSR count). The van der Waals surface area contributed by atoms with E-state index < -0.39 is 23.6 Å². The Kier molecular flexibility index (Phi) is 4.91. The van der Waals surface area contributed by atoms with Crippen LogP contribution in [0.25, 0.3) is 0 Å². The summed E-state index contributed by atoms with van der Waals surface area (Å²) >= 11 is 0. The molecule has 2 aromatic rings. The van der Waals surface area contributed by atoms with Crippen molar-refractivity contribution in [1.29, 1.82) is 0 Å². The van der Waals surface area contributed by atoms with Crippen molar-refractivity contribution in [2.24, 2.45) is 0 Å². The van der Waals surface area contributed by atoms with Crippen LogP contribution >= 0.6 is 0 Å². The predicted molar refractivity (Wildman–Crippen MR) is 99.1 cm³/mol. The summed E-state index contributed by atoms with van der Waals surface area (Å²) in [6.45, 7) is 0.796. The molecule has 2 N–H and O–H groups in total. The molecule has 8 nitrogen and oxygen atoms in total. The molecule has 2 aliphatic rings. The van der Waals surface area contributed by atoms with Gasteiger partial charge < -0.3 is 20.4 Å². The van der Waals surface area contributed by atoms with Gasteiger partial charge in [0.25, 0.3) is 5.91 Å². The molecule has 152 valence electrons. The van der Waals surface area contributed by atoms with Gasteiger partial charge >= 0.3 is 0 Å². The van der Waals surface area contributed by atoms with Crippen LogP contribution in [0.1, 0.15) is 22.5 Å². The third-order valence-corrected chi connectivity index (χ3v) is 5.02. The number of nitrogens with one attached hydrogen (secondary N) is 2. The molecule has 2 unspecified atom stereocenters. The lowest BCUT2D eigenvalue weighted by atomic mass is 10.2. The molecular formula is C19H20F2N6O2. The molecule has 29 heavy (non-hydrogen) atoms. The quantitative estimate of drug-likeness (QED) is 0.792. The Labute approximate surface area is 165 Å². The molecule has 1 saturated heterocycles. The van der Waals surface area contributed by atoms with E-state index in [1.165, 1.54) is 16.8 Å². The Morgan fingerprint density at radius 2 is 2.14 bits per heavy atom. The number of nitrogens with zero attached hydrogens (tertiary/aromatic N) is 4. The predicted octanol–water partition coefficient (Wildman–Crippen LogP) is 0.830. The maximum atomic E-state index is 13.3. The fourth-order valence-electron chi connectivity index (χ4n) is 3.46. The average molecular weight is 402 g/mol. The molecule has 1 aromatic carbocycles. The SMILES string of the molecule is CN1C(=O)C(NC(=O)c2ccn(Cc3ccc(F)c(F)c3)n2)CCN2C=CNC21. The fraction of sp³-hybridized carbons (Fsp3) is 0.316. The minimum absolute atomic E-state index is 0.144. The van der Waals surface area contributed by atoms with E-state index in [1.807, 2.05) is 11.1 Å². The van der Waals surface area contributed by atoms with E-state index in [1.54, 1.807) is 24.3 Å². The molecule has 0 spiro atoms. The van der Waals surface area contributed by atoms with Crippen LogP contribution in [0.4, 0.5) is 8.78 Å². The Morgan fingerprint density at radius 1 is 1.31 bits per heavy atom. The second-order valence-corrected chi connectivity index (χ2v) is 7.00. The highest BCUT2D eigenvalue weighted by atomic mass is 19.2. The van der Waals surface area contributed by atoms with E-state index >= 15 is 0 Å². The maximum Gasteiger partial charge on any atom is 0.272 e. The normalized spacial score (nSPS) is 21.0. The fourth-order valence-corrected chi connectivity index (χ4v) is 3.46. The first-order valence-electron chi connectivity index (χ1n) is 9.16. The summed E-state index contributed by atoms with van der Waals surface area (Å²) in [6, 6.07) is 4.44. The van der Waals surface area contributed by atoms with Gasteiger partial charge in [0.05, 0.1) is 6.54 Å². The van der Waals surface area contributed by atoms with E-state index in [-0.39, 0.29) is 24.4 Å². The Morgan fingerprint density at radius 3 is 2.93 bits per heavy atom. The van der Waals surface area contributed by atoms with Gasteiger partial charge in [-0.05, 0) is 30.2 Å². The molecule has 10 heteroatoms. The maximum absolute atomic E-state index is 13.3. The number of likely N-dealkylation sites (N-methyl/N-ethyl adjacent to an activating group) is 1. The van der Waals surface area contributed by atoms with Crippen LogP contribution < -0.4 is 10.6 Å². The van der Waals surface area contributed by atoms with Crippen LogP contribution in [0, 0.1) is 11.6 Å². The third-order valence-electron chi connectivity index (χ3n) is 5.02. The first-order valence-corrected chi connectivity index (χ1v) is 9.16. The Balaban J connectivity index is 1.41. The summed E-state index contributed by atoms with van der Waals surface area (Å²) in [5.41, 5.74) is 0.659. The number of benzene rings is 1. The molecular weight excluding hydrogens is 382 g/mol. The van der Waals surface area contributed by atoms with Crippen molar-refractivity contribution in [3.63, 3.8) is 0 Å². The number of rotatable bonds is 4. The number of aromatic nitrogens is 2. The summed E-state index contributed by atoms with van der Waals surface area (Å²) in [5.74, 6) is -2.51. The third kappa shape index (κ3) is 3.78. The molecule has 0 saturated carbocycles. The van der Waals surface area contributed by atoms with Crippen molar-refractivity contribution >= 4 is 11.8 Å². The molecule has 2 amide bonds. The van der Waals surface area contributed by atoms with Gasteiger partial charge in [-0.25, -0.2) is 8.78 Å². The number of hydrogen-bond donors (Lipinski definition) is 2. The lowest BCUT2D eigenvalue weighted by molar-refractivity contribution is -0.135. The number of carbonyl (C=O) groups excluding carboxylic acids is 2. The van der Waals surface area contributed by atoms with Crippen LogP contribution in [0.3, 0.4) is 0 Å². The largest absolute Gasteiger partial charge is 0.353 e. The van der Waals surface area contributed by atoms with Gasteiger partial charge in [-0.15, -0.1) is 0 Å². The Hall–Kier alpha value is -3.43. The molecule has 1 fully saturated rings. The first-order chi connectivity index (χ1) is 13.9. The van der Waals surface area contributed by atoms with Gasteiger partial charge in [0.15, 0.2) is 17.9 Å². The molecule has 3 heterocycles. The van der Waals surface area contributed by atoms with Gasteiger partial charge in [-0.3, -0.25) is 14.3 Å². The van der Waals surface area contributed by atoms with Crippen molar-refractivity contribution in [3.8, 4) is 0 Å². The topological polar surface area (TPSA) is 82.5 Å². The highest BCUT2D eigenvalue weighted by Crippen LogP contribution is 2.17. The molecule has 0 aliphatic carbocycles. The van der Waals surface area contributed by atoms with Gasteiger partial charge in [-0.2, -0.15) is 5.10 Å². The summed E-state index contributed by atoms with van der Waals surface area (Å²) < 4.78 is 27.8. The number of fused-ring (bicyclic) bond motifs is 1. The van der Waals surface area contributed by atoms with E-state index in [9.17, 15) is 18.4 Å². The van der Waals surface area contributed by atoms with E-state index in [2.05, 4.69) is 15.7 Å². The first kappa shape index (κ1) is 18.9. The van der Waals surface area contributed by atoms with Gasteiger partial charge in [0.1, 0.15) is 11.7 Å². The van der Waals surface area contributed by atoms with E-state index in [0.717, 1.165) is 12.1 Å². The zero-order valence-electron chi connectivity index (χ0n) is 15.7. The van der Waals surface area contributed by atoms with Crippen LogP contribution in [-0.4, -0.2) is 57.3 Å². The second-order valence-electron chi connectivity index (χ2n) is 7.00. The van der Waals surface area contributed by atoms with Gasteiger partial charge in [0, 0.05) is 32.2 Å². The summed E-state index contributed by atoms with van der Waals surface area (Å²) in [6.07, 6.45) is 5.44. The van der Waals surface area contributed by atoms with Gasteiger partial charge in [0.2, 0.25) is 5.91 Å². The molecule has 1 aromatic heterocycles. The van der Waals surface area contributed by atoms with Crippen molar-refractivity contribution in [3.05, 3.63) is 65.8 Å². The molecule has 0 radical (unpaired) electrons. The number of amides is 2. The smallest absolute Gasteiger partial charge is 0.272 e. The van der Waals surface area contributed by atoms with Crippen molar-refractivity contribution in [1.82, 2.24) is 30.2 Å². The lowest BCUT2D eigenvalue weighted by Crippen LogP contribution is -2.53. The van der Waals surface area contributed by atoms with Crippen molar-refractivity contribution in [2.75, 3.05) is 13.6 Å². The summed E-state index contributed by atoms with van der Waals surface area (Å²) in [5, 5.41) is 10.0. The van der Waals surface area contributed by atoms with Gasteiger partial charge in [-0.1, -0.05) is 6.07 Å². The van der Waals surface area contributed by atoms with E-state index in [4.69, 9.17) is 0 Å². The molecule has 0 bridgehead atoms. The molecule has 2 atom stereocenters. The Bertz CT molecular complexity index is 975. The molecule has 2 aliphatic heterocycles. The van der Waals surface area contributed by atoms with E-state index in [0.29, 0.717) is 18.5 Å². The number of hydrogen-bond acceptors (Lipinski definition) is 5. The standard InChI is InChI=1S/C19H20F2N6O2/c1-25-18(29)16(4-7-26-9-6-22-19(25)26)23-17(28)15-5-8-27(24-15)11-12-2-3-13(20)14(21)10-12/h2-3,5-6,8-10,16,19,22H,4,7,11H2,1H3,(H,23,28). The highest BCUT2D eigenvalue weighted by Gasteiger charge is 2.36. The highest BCUT2D eigenvalue weighted by molar-refractivity contribution is 5.96. The zero-order valence-corrected chi connectivity index (χ0v) is 15.7. The summed E-state index contributed by atoms with van der Waals surface area (Å²) in [4.78, 5) is 28.8. The monoisotopic (exact) mass is 402 g/mol. The number of carbonyl (C=O) groups is 2. The van der Waals surface area contributed by atoms with Crippen LogP contribution in [-0.2, 0) is 11.3 Å². The number of halogens is 2. The minimum atomic E-state index is -0.937. The van der Waals surface area contributed by atoms with Crippen molar-refractivity contribution < 1.29 is 18.4 Å². The zero-order chi connectivity index (χ0) is 20.5. The van der Waals surface area contributed by atoms with Crippen LogP contribution in [0.5, 0.6) is 0 Å². The lowest BCUT2D eigenvalue weighted by Gasteiger charge is -2.30. The minimum Gasteiger partial charge on any atom is -0.353 e. The van der Waals surface area contributed by atoms with Crippen LogP contribution in [0.2, 0.25) is 0 Å².